The van der Waals surface area contributed by atoms with Crippen molar-refractivity contribution in [1.29, 1.82) is 0 Å². The molecule has 4 rings (SSSR count). The van der Waals surface area contributed by atoms with E-state index in [0.29, 0.717) is 19.4 Å². The summed E-state index contributed by atoms with van der Waals surface area (Å²) in [6.07, 6.45) is -2.28. The molecule has 1 saturated carbocycles. The lowest BCUT2D eigenvalue weighted by atomic mass is 10.0. The molecule has 0 radical (unpaired) electrons. The van der Waals surface area contributed by atoms with Crippen molar-refractivity contribution in [2.24, 2.45) is 0 Å². The van der Waals surface area contributed by atoms with Gasteiger partial charge in [-0.3, -0.25) is 19.3 Å². The lowest BCUT2D eigenvalue weighted by Gasteiger charge is -2.33. The van der Waals surface area contributed by atoms with Crippen LogP contribution in [-0.4, -0.2) is 63.5 Å². The summed E-state index contributed by atoms with van der Waals surface area (Å²) in [7, 11) is 0. The molecule has 1 aliphatic heterocycles. The predicted molar refractivity (Wildman–Crippen MR) is 132 cm³/mol. The van der Waals surface area contributed by atoms with Gasteiger partial charge in [0.1, 0.15) is 23.1 Å². The van der Waals surface area contributed by atoms with Gasteiger partial charge in [-0.2, -0.15) is 13.2 Å². The third-order valence-electron chi connectivity index (χ3n) is 7.18. The van der Waals surface area contributed by atoms with E-state index in [1.54, 1.807) is 4.90 Å². The Bertz CT molecular complexity index is 1230. The van der Waals surface area contributed by atoms with Crippen molar-refractivity contribution in [1.82, 2.24) is 19.8 Å². The number of nitrogens with zero attached hydrogens (tertiary/aromatic N) is 3. The quantitative estimate of drug-likeness (QED) is 0.445. The topological polar surface area (TPSA) is 84.3 Å². The lowest BCUT2D eigenvalue weighted by Crippen LogP contribution is -2.45. The zero-order chi connectivity index (χ0) is 28.4. The molecule has 2 aromatic rings. The number of rotatable bonds is 9. The highest BCUT2D eigenvalue weighted by atomic mass is 19.4. The molecule has 0 bridgehead atoms. The minimum Gasteiger partial charge on any atom is -0.347 e. The van der Waals surface area contributed by atoms with E-state index in [1.807, 2.05) is 0 Å². The Hall–Kier alpha value is -3.15. The number of para-hydroxylation sites is 1. The predicted octanol–water partition coefficient (Wildman–Crippen LogP) is 4.93. The Morgan fingerprint density at radius 3 is 2.62 bits per heavy atom. The number of aromatic nitrogens is 2. The summed E-state index contributed by atoms with van der Waals surface area (Å²) in [6.45, 7) is 1.70. The first-order chi connectivity index (χ1) is 18.3. The molecule has 2 fully saturated rings. The van der Waals surface area contributed by atoms with Crippen LogP contribution in [0.25, 0.3) is 5.69 Å². The van der Waals surface area contributed by atoms with Crippen molar-refractivity contribution in [2.45, 2.75) is 75.9 Å². The molecule has 1 aliphatic carbocycles. The molecule has 1 amide bonds. The summed E-state index contributed by atoms with van der Waals surface area (Å²) >= 11 is 0. The van der Waals surface area contributed by atoms with Crippen LogP contribution in [0.2, 0.25) is 0 Å². The number of piperidine rings is 1. The van der Waals surface area contributed by atoms with Crippen LogP contribution >= 0.6 is 0 Å². The first-order valence-corrected chi connectivity index (χ1v) is 13.0. The highest BCUT2D eigenvalue weighted by molar-refractivity contribution is 5.93. The van der Waals surface area contributed by atoms with Crippen molar-refractivity contribution < 1.29 is 36.3 Å². The van der Waals surface area contributed by atoms with E-state index in [4.69, 9.17) is 0 Å². The van der Waals surface area contributed by atoms with E-state index in [-0.39, 0.29) is 74.0 Å². The second-order valence-corrected chi connectivity index (χ2v) is 10.4. The number of halogens is 5. The molecule has 1 unspecified atom stereocenters. The lowest BCUT2D eigenvalue weighted by molar-refractivity contribution is -0.137. The molecule has 7 nitrogen and oxygen atoms in total. The molecule has 212 valence electrons. The highest BCUT2D eigenvalue weighted by Gasteiger charge is 2.37. The molecule has 12 heteroatoms. The fourth-order valence-electron chi connectivity index (χ4n) is 5.35. The zero-order valence-electron chi connectivity index (χ0n) is 21.6. The molecule has 2 atom stereocenters. The fraction of sp³-hybridized carbons (Fsp3) is 0.556. The van der Waals surface area contributed by atoms with E-state index in [2.05, 4.69) is 10.3 Å². The Morgan fingerprint density at radius 1 is 1.23 bits per heavy atom. The maximum atomic E-state index is 13.8. The van der Waals surface area contributed by atoms with Crippen molar-refractivity contribution in [3.63, 3.8) is 0 Å². The highest BCUT2D eigenvalue weighted by Crippen LogP contribution is 2.37. The SMILES string of the molecule is CC(=O)C[C@H](CCN1CCCC(F)(F)C1)NC(=O)c1cn(-c2ccccc2C(F)(F)F)c(C2CCC(=O)C2)n1. The Balaban J connectivity index is 1.59. The normalized spacial score (nSPS) is 20.7. The van der Waals surface area contributed by atoms with Crippen LogP contribution in [-0.2, 0) is 15.8 Å². The van der Waals surface area contributed by atoms with E-state index >= 15 is 0 Å². The molecule has 2 heterocycles. The van der Waals surface area contributed by atoms with Gasteiger partial charge in [-0.15, -0.1) is 0 Å². The molecule has 1 aromatic heterocycles. The third kappa shape index (κ3) is 7.28. The minimum atomic E-state index is -4.66. The number of likely N-dealkylation sites (tertiary alicyclic amines) is 1. The van der Waals surface area contributed by atoms with Crippen LogP contribution < -0.4 is 5.32 Å². The number of carbonyl (C=O) groups excluding carboxylic acids is 3. The van der Waals surface area contributed by atoms with Gasteiger partial charge >= 0.3 is 6.18 Å². The van der Waals surface area contributed by atoms with Crippen LogP contribution in [0.5, 0.6) is 0 Å². The Labute approximate surface area is 222 Å². The van der Waals surface area contributed by atoms with Crippen molar-refractivity contribution in [3.05, 3.63) is 47.5 Å². The Morgan fingerprint density at radius 2 is 1.97 bits per heavy atom. The number of Topliss-reactive ketones (excluding diaryl/α,β-unsaturated/α-hetero) is 2. The van der Waals surface area contributed by atoms with Crippen LogP contribution in [0.15, 0.2) is 30.5 Å². The van der Waals surface area contributed by atoms with Gasteiger partial charge in [0.2, 0.25) is 0 Å². The molecule has 0 spiro atoms. The molecular formula is C27H31F5N4O3. The number of imidazole rings is 1. The summed E-state index contributed by atoms with van der Waals surface area (Å²) in [5.74, 6) is -3.99. The zero-order valence-corrected chi connectivity index (χ0v) is 21.6. The van der Waals surface area contributed by atoms with Crippen LogP contribution in [0.3, 0.4) is 0 Å². The smallest absolute Gasteiger partial charge is 0.347 e. The van der Waals surface area contributed by atoms with E-state index in [0.717, 1.165) is 6.07 Å². The number of hydrogen-bond donors (Lipinski definition) is 1. The summed E-state index contributed by atoms with van der Waals surface area (Å²) in [5.41, 5.74) is -1.27. The standard InChI is InChI=1S/C27H31F5N4O3/c1-17(37)13-19(9-12-35-11-4-10-26(28,29)16-35)33-25(39)22-15-36(24(34-22)18-7-8-20(38)14-18)23-6-3-2-5-21(23)27(30,31)32/h2-3,5-6,15,18-19H,4,7-14,16H2,1H3,(H,33,39)/t18?,19-/m0/s1. The summed E-state index contributed by atoms with van der Waals surface area (Å²) in [4.78, 5) is 43.0. The number of hydrogen-bond acceptors (Lipinski definition) is 5. The maximum absolute atomic E-state index is 13.8. The van der Waals surface area contributed by atoms with Gasteiger partial charge in [-0.25, -0.2) is 13.8 Å². The van der Waals surface area contributed by atoms with E-state index in [1.165, 1.54) is 35.9 Å². The molecule has 1 saturated heterocycles. The van der Waals surface area contributed by atoms with Gasteiger partial charge in [0.05, 0.1) is 17.8 Å². The van der Waals surface area contributed by atoms with Gasteiger partial charge in [-0.1, -0.05) is 12.1 Å². The van der Waals surface area contributed by atoms with E-state index in [9.17, 15) is 36.3 Å². The van der Waals surface area contributed by atoms with Gasteiger partial charge in [0, 0.05) is 50.4 Å². The average molecular weight is 555 g/mol. The number of amides is 1. The number of nitrogens with one attached hydrogen (secondary N) is 1. The first kappa shape index (κ1) is 28.8. The number of ketones is 2. The first-order valence-electron chi connectivity index (χ1n) is 13.0. The largest absolute Gasteiger partial charge is 0.418 e. The van der Waals surface area contributed by atoms with Crippen molar-refractivity contribution >= 4 is 17.5 Å². The van der Waals surface area contributed by atoms with Gasteiger partial charge in [0.25, 0.3) is 11.8 Å². The molecule has 2 aliphatic rings. The van der Waals surface area contributed by atoms with Crippen molar-refractivity contribution in [3.8, 4) is 5.69 Å². The monoisotopic (exact) mass is 554 g/mol. The Kier molecular flexibility index (Phi) is 8.53. The third-order valence-corrected chi connectivity index (χ3v) is 7.18. The summed E-state index contributed by atoms with van der Waals surface area (Å²) < 4.78 is 70.2. The fourth-order valence-corrected chi connectivity index (χ4v) is 5.35. The maximum Gasteiger partial charge on any atom is 0.418 e. The number of alkyl halides is 5. The van der Waals surface area contributed by atoms with Crippen LogP contribution in [0, 0.1) is 0 Å². The van der Waals surface area contributed by atoms with Crippen LogP contribution in [0.4, 0.5) is 22.0 Å². The average Bonchev–Trinajstić information content (AvgIpc) is 3.47. The van der Waals surface area contributed by atoms with Gasteiger partial charge < -0.3 is 9.88 Å². The van der Waals surface area contributed by atoms with Gasteiger partial charge in [0.15, 0.2) is 0 Å². The number of carbonyl (C=O) groups is 3. The molecule has 1 N–H and O–H groups in total. The van der Waals surface area contributed by atoms with Gasteiger partial charge in [-0.05, 0) is 44.9 Å². The molecular weight excluding hydrogens is 523 g/mol. The second kappa shape index (κ2) is 11.5. The van der Waals surface area contributed by atoms with Crippen LogP contribution in [0.1, 0.15) is 79.7 Å². The summed E-state index contributed by atoms with van der Waals surface area (Å²) in [5, 5.41) is 2.72. The van der Waals surface area contributed by atoms with Crippen molar-refractivity contribution in [2.75, 3.05) is 19.6 Å². The van der Waals surface area contributed by atoms with E-state index < -0.39 is 35.5 Å². The second-order valence-electron chi connectivity index (χ2n) is 10.4. The molecule has 39 heavy (non-hydrogen) atoms. The minimum absolute atomic E-state index is 0.0302. The molecule has 1 aromatic carbocycles. The summed E-state index contributed by atoms with van der Waals surface area (Å²) in [6, 6.07) is 4.25. The number of benzene rings is 1.